The number of hydrogen-bond donors (Lipinski definition) is 1. The van der Waals surface area contributed by atoms with Crippen molar-refractivity contribution in [3.05, 3.63) is 52.7 Å². The highest BCUT2D eigenvalue weighted by molar-refractivity contribution is 7.10. The van der Waals surface area contributed by atoms with E-state index in [0.29, 0.717) is 17.1 Å². The standard InChI is InChI=1S/C15H13F3N2OS/c1-4-10-6-11(9(3)5-8(10)2)14(21)19-13-7-12(20-22-13)15(16,17)18/h4-7H,1H2,2-3H3,(H,19,21). The van der Waals surface area contributed by atoms with Gasteiger partial charge < -0.3 is 5.32 Å². The highest BCUT2D eigenvalue weighted by atomic mass is 32.1. The lowest BCUT2D eigenvalue weighted by Crippen LogP contribution is -2.13. The number of anilines is 1. The number of benzene rings is 1. The SMILES string of the molecule is C=Cc1cc(C(=O)Nc2cc(C(F)(F)F)ns2)c(C)cc1C. The van der Waals surface area contributed by atoms with Crippen LogP contribution in [0.2, 0.25) is 0 Å². The molecule has 1 amide bonds. The Bertz CT molecular complexity index is 735. The average Bonchev–Trinajstić information content (AvgIpc) is 2.87. The molecule has 22 heavy (non-hydrogen) atoms. The summed E-state index contributed by atoms with van der Waals surface area (Å²) in [5.41, 5.74) is 1.89. The number of aromatic nitrogens is 1. The van der Waals surface area contributed by atoms with Gasteiger partial charge in [-0.3, -0.25) is 4.79 Å². The van der Waals surface area contributed by atoms with E-state index in [2.05, 4.69) is 16.3 Å². The number of aryl methyl sites for hydroxylation is 2. The normalized spacial score (nSPS) is 11.3. The highest BCUT2D eigenvalue weighted by Crippen LogP contribution is 2.32. The first kappa shape index (κ1) is 16.2. The Labute approximate surface area is 129 Å². The van der Waals surface area contributed by atoms with Gasteiger partial charge in [0, 0.05) is 11.6 Å². The number of halogens is 3. The molecule has 0 unspecified atom stereocenters. The van der Waals surface area contributed by atoms with Crippen molar-refractivity contribution < 1.29 is 18.0 Å². The molecule has 0 saturated heterocycles. The van der Waals surface area contributed by atoms with Crippen molar-refractivity contribution in [2.24, 2.45) is 0 Å². The van der Waals surface area contributed by atoms with Crippen LogP contribution in [0, 0.1) is 13.8 Å². The van der Waals surface area contributed by atoms with Crippen LogP contribution in [0.1, 0.15) is 32.7 Å². The minimum atomic E-state index is -4.52. The van der Waals surface area contributed by atoms with E-state index in [1.54, 1.807) is 19.1 Å². The third-order valence-electron chi connectivity index (χ3n) is 3.11. The first-order valence-electron chi connectivity index (χ1n) is 6.31. The zero-order valence-electron chi connectivity index (χ0n) is 11.9. The van der Waals surface area contributed by atoms with Gasteiger partial charge in [-0.2, -0.15) is 17.5 Å². The predicted octanol–water partition coefficient (Wildman–Crippen LogP) is 4.67. The minimum Gasteiger partial charge on any atom is -0.312 e. The zero-order valence-corrected chi connectivity index (χ0v) is 12.7. The van der Waals surface area contributed by atoms with Crippen molar-refractivity contribution in [1.82, 2.24) is 4.37 Å². The molecule has 1 aromatic carbocycles. The fourth-order valence-electron chi connectivity index (χ4n) is 1.98. The summed E-state index contributed by atoms with van der Waals surface area (Å²) in [6.45, 7) is 7.33. The number of amides is 1. The Morgan fingerprint density at radius 1 is 1.27 bits per heavy atom. The number of carbonyl (C=O) groups excluding carboxylic acids is 1. The lowest BCUT2D eigenvalue weighted by Gasteiger charge is -2.09. The van der Waals surface area contributed by atoms with E-state index >= 15 is 0 Å². The summed E-state index contributed by atoms with van der Waals surface area (Å²) in [6.07, 6.45) is -2.89. The van der Waals surface area contributed by atoms with Crippen LogP contribution in [0.15, 0.2) is 24.8 Å². The summed E-state index contributed by atoms with van der Waals surface area (Å²) in [4.78, 5) is 12.2. The summed E-state index contributed by atoms with van der Waals surface area (Å²) in [6, 6.07) is 4.32. The molecule has 116 valence electrons. The van der Waals surface area contributed by atoms with Gasteiger partial charge >= 0.3 is 6.18 Å². The van der Waals surface area contributed by atoms with Gasteiger partial charge in [-0.15, -0.1) is 0 Å². The zero-order chi connectivity index (χ0) is 16.5. The number of carbonyl (C=O) groups is 1. The molecule has 0 spiro atoms. The van der Waals surface area contributed by atoms with E-state index in [1.807, 2.05) is 13.0 Å². The van der Waals surface area contributed by atoms with E-state index in [4.69, 9.17) is 0 Å². The summed E-state index contributed by atoms with van der Waals surface area (Å²) < 4.78 is 40.8. The van der Waals surface area contributed by atoms with Gasteiger partial charge in [0.1, 0.15) is 5.00 Å². The molecular formula is C15H13F3N2OS. The quantitative estimate of drug-likeness (QED) is 0.890. The van der Waals surface area contributed by atoms with Crippen LogP contribution in [0.25, 0.3) is 6.08 Å². The number of hydrogen-bond acceptors (Lipinski definition) is 3. The summed E-state index contributed by atoms with van der Waals surface area (Å²) in [5.74, 6) is -0.474. The molecule has 1 aromatic heterocycles. The molecule has 2 aromatic rings. The second-order valence-corrected chi connectivity index (χ2v) is 5.56. The van der Waals surface area contributed by atoms with E-state index in [1.165, 1.54) is 0 Å². The average molecular weight is 326 g/mol. The van der Waals surface area contributed by atoms with Crippen molar-refractivity contribution in [2.75, 3.05) is 5.32 Å². The van der Waals surface area contributed by atoms with E-state index in [-0.39, 0.29) is 5.00 Å². The number of alkyl halides is 3. The Morgan fingerprint density at radius 2 is 1.95 bits per heavy atom. The van der Waals surface area contributed by atoms with Crippen LogP contribution >= 0.6 is 11.5 Å². The first-order valence-corrected chi connectivity index (χ1v) is 7.08. The Kier molecular flexibility index (Phi) is 4.37. The van der Waals surface area contributed by atoms with Crippen molar-refractivity contribution in [3.8, 4) is 0 Å². The number of rotatable bonds is 3. The maximum absolute atomic E-state index is 12.5. The Morgan fingerprint density at radius 3 is 2.50 bits per heavy atom. The van der Waals surface area contributed by atoms with E-state index < -0.39 is 17.8 Å². The molecule has 3 nitrogen and oxygen atoms in total. The summed E-state index contributed by atoms with van der Waals surface area (Å²) in [7, 11) is 0. The monoisotopic (exact) mass is 326 g/mol. The van der Waals surface area contributed by atoms with Crippen LogP contribution in [0.4, 0.5) is 18.2 Å². The number of nitrogens with zero attached hydrogens (tertiary/aromatic N) is 1. The van der Waals surface area contributed by atoms with Gasteiger partial charge in [0.05, 0.1) is 0 Å². The molecule has 7 heteroatoms. The molecule has 0 aliphatic rings. The molecular weight excluding hydrogens is 313 g/mol. The van der Waals surface area contributed by atoms with Gasteiger partial charge in [0.15, 0.2) is 5.69 Å². The van der Waals surface area contributed by atoms with E-state index in [0.717, 1.165) is 22.8 Å². The Balaban J connectivity index is 2.26. The molecule has 0 aliphatic carbocycles. The third-order valence-corrected chi connectivity index (χ3v) is 3.82. The van der Waals surface area contributed by atoms with Crippen LogP contribution in [-0.4, -0.2) is 10.3 Å². The molecule has 0 bridgehead atoms. The molecule has 1 heterocycles. The largest absolute Gasteiger partial charge is 0.434 e. The van der Waals surface area contributed by atoms with Crippen molar-refractivity contribution in [3.63, 3.8) is 0 Å². The summed E-state index contributed by atoms with van der Waals surface area (Å²) >= 11 is 0.596. The van der Waals surface area contributed by atoms with Crippen LogP contribution < -0.4 is 5.32 Å². The fourth-order valence-corrected chi connectivity index (χ4v) is 2.64. The molecule has 0 aliphatic heterocycles. The fraction of sp³-hybridized carbons (Fsp3) is 0.200. The molecule has 0 fully saturated rings. The van der Waals surface area contributed by atoms with Crippen LogP contribution in [-0.2, 0) is 6.18 Å². The van der Waals surface area contributed by atoms with Crippen LogP contribution in [0.5, 0.6) is 0 Å². The second-order valence-electron chi connectivity index (χ2n) is 4.76. The van der Waals surface area contributed by atoms with Crippen molar-refractivity contribution >= 4 is 28.5 Å². The lowest BCUT2D eigenvalue weighted by atomic mass is 9.99. The molecule has 0 saturated carbocycles. The van der Waals surface area contributed by atoms with Crippen molar-refractivity contribution in [2.45, 2.75) is 20.0 Å². The van der Waals surface area contributed by atoms with Gasteiger partial charge in [-0.05, 0) is 48.1 Å². The van der Waals surface area contributed by atoms with E-state index in [9.17, 15) is 18.0 Å². The smallest absolute Gasteiger partial charge is 0.312 e. The van der Waals surface area contributed by atoms with Gasteiger partial charge in [0.25, 0.3) is 5.91 Å². The second kappa shape index (κ2) is 5.92. The third kappa shape index (κ3) is 3.36. The maximum atomic E-state index is 12.5. The number of nitrogens with one attached hydrogen (secondary N) is 1. The first-order chi connectivity index (χ1) is 10.2. The summed E-state index contributed by atoms with van der Waals surface area (Å²) in [5, 5.41) is 2.50. The van der Waals surface area contributed by atoms with Crippen molar-refractivity contribution in [1.29, 1.82) is 0 Å². The van der Waals surface area contributed by atoms with Gasteiger partial charge in [0.2, 0.25) is 0 Å². The molecule has 0 radical (unpaired) electrons. The topological polar surface area (TPSA) is 42.0 Å². The van der Waals surface area contributed by atoms with Gasteiger partial charge in [-0.25, -0.2) is 0 Å². The molecule has 2 rings (SSSR count). The lowest BCUT2D eigenvalue weighted by molar-refractivity contribution is -0.140. The highest BCUT2D eigenvalue weighted by Gasteiger charge is 2.34. The minimum absolute atomic E-state index is 0.0532. The maximum Gasteiger partial charge on any atom is 0.434 e. The van der Waals surface area contributed by atoms with Crippen LogP contribution in [0.3, 0.4) is 0 Å². The predicted molar refractivity (Wildman–Crippen MR) is 81.1 cm³/mol. The van der Waals surface area contributed by atoms with Gasteiger partial charge in [-0.1, -0.05) is 18.7 Å². The molecule has 0 atom stereocenters. The molecule has 1 N–H and O–H groups in total. The Hall–Kier alpha value is -2.15.